The van der Waals surface area contributed by atoms with Crippen molar-refractivity contribution in [1.82, 2.24) is 30.7 Å². The molecule has 0 aromatic heterocycles. The number of carbonyl (C=O) groups is 7. The lowest BCUT2D eigenvalue weighted by Crippen LogP contribution is -2.51. The van der Waals surface area contributed by atoms with E-state index in [2.05, 4.69) is 16.0 Å². The highest BCUT2D eigenvalue weighted by atomic mass is 16.5. The molecule has 6 amide bonds. The SMILES string of the molecule is CC(=O)CNC(=O)[C@H](Cc1ccccc1)NC(=O)CNC(=O)CN1CCOCCOCCN(C(=O)CCCN2C(=O)C=CC2=O)CCOCCOCC1. The molecule has 53 heavy (non-hydrogen) atoms. The zero-order valence-electron chi connectivity index (χ0n) is 30.4. The van der Waals surface area contributed by atoms with Crippen LogP contribution < -0.4 is 16.0 Å². The first kappa shape index (κ1) is 42.9. The predicted molar refractivity (Wildman–Crippen MR) is 190 cm³/mol. The van der Waals surface area contributed by atoms with Crippen LogP contribution in [0.5, 0.6) is 0 Å². The van der Waals surface area contributed by atoms with E-state index in [0.29, 0.717) is 72.2 Å². The Bertz CT molecular complexity index is 1350. The van der Waals surface area contributed by atoms with Crippen LogP contribution >= 0.6 is 0 Å². The third-order valence-electron chi connectivity index (χ3n) is 8.14. The van der Waals surface area contributed by atoms with Crippen LogP contribution in [0.4, 0.5) is 0 Å². The van der Waals surface area contributed by atoms with Crippen LogP contribution in [0.2, 0.25) is 0 Å². The number of benzene rings is 1. The lowest BCUT2D eigenvalue weighted by molar-refractivity contribution is -0.138. The Kier molecular flexibility index (Phi) is 19.9. The highest BCUT2D eigenvalue weighted by Gasteiger charge is 2.24. The number of Topliss-reactive ketones (excluding diaryl/α,β-unsaturated/α-hetero) is 1. The minimum Gasteiger partial charge on any atom is -0.378 e. The Morgan fingerprint density at radius 1 is 0.717 bits per heavy atom. The van der Waals surface area contributed by atoms with Gasteiger partial charge in [0, 0.05) is 57.7 Å². The number of nitrogens with zero attached hydrogens (tertiary/aromatic N) is 3. The first-order chi connectivity index (χ1) is 25.6. The van der Waals surface area contributed by atoms with Gasteiger partial charge in [-0.25, -0.2) is 0 Å². The molecule has 0 unspecified atom stereocenters. The van der Waals surface area contributed by atoms with Gasteiger partial charge in [-0.05, 0) is 18.9 Å². The first-order valence-electron chi connectivity index (χ1n) is 17.8. The minimum atomic E-state index is -0.939. The highest BCUT2D eigenvalue weighted by molar-refractivity contribution is 6.12. The van der Waals surface area contributed by atoms with Crippen LogP contribution in [-0.2, 0) is 58.9 Å². The van der Waals surface area contributed by atoms with E-state index in [1.165, 1.54) is 19.1 Å². The van der Waals surface area contributed by atoms with Crippen LogP contribution in [0.1, 0.15) is 25.3 Å². The quantitative estimate of drug-likeness (QED) is 0.186. The smallest absolute Gasteiger partial charge is 0.253 e. The molecule has 2 aliphatic rings. The fraction of sp³-hybridized carbons (Fsp3) is 0.583. The maximum atomic E-state index is 12.9. The van der Waals surface area contributed by atoms with Gasteiger partial charge < -0.3 is 39.8 Å². The zero-order valence-corrected chi connectivity index (χ0v) is 30.4. The molecule has 2 heterocycles. The molecule has 1 fully saturated rings. The van der Waals surface area contributed by atoms with Crippen LogP contribution in [0.25, 0.3) is 0 Å². The van der Waals surface area contributed by atoms with Gasteiger partial charge in [-0.1, -0.05) is 30.3 Å². The number of hydrogen-bond acceptors (Lipinski definition) is 12. The van der Waals surface area contributed by atoms with Gasteiger partial charge in [-0.2, -0.15) is 0 Å². The molecule has 0 saturated carbocycles. The second kappa shape index (κ2) is 24.6. The lowest BCUT2D eigenvalue weighted by atomic mass is 10.1. The van der Waals surface area contributed by atoms with Crippen molar-refractivity contribution in [1.29, 1.82) is 0 Å². The Morgan fingerprint density at radius 3 is 1.85 bits per heavy atom. The number of imide groups is 1. The fourth-order valence-electron chi connectivity index (χ4n) is 5.29. The molecule has 3 rings (SSSR count). The molecular formula is C36H52N6O11. The molecular weight excluding hydrogens is 692 g/mol. The van der Waals surface area contributed by atoms with Crippen LogP contribution in [0.3, 0.4) is 0 Å². The fourth-order valence-corrected chi connectivity index (χ4v) is 5.29. The van der Waals surface area contributed by atoms with Gasteiger partial charge in [0.1, 0.15) is 11.8 Å². The summed E-state index contributed by atoms with van der Waals surface area (Å²) in [6, 6.07) is 8.19. The molecule has 17 heteroatoms. The predicted octanol–water partition coefficient (Wildman–Crippen LogP) is -1.55. The second-order valence-electron chi connectivity index (χ2n) is 12.4. The van der Waals surface area contributed by atoms with E-state index in [1.807, 2.05) is 35.2 Å². The largest absolute Gasteiger partial charge is 0.378 e. The van der Waals surface area contributed by atoms with Crippen molar-refractivity contribution in [3.05, 3.63) is 48.0 Å². The van der Waals surface area contributed by atoms with Crippen molar-refractivity contribution in [2.24, 2.45) is 0 Å². The Hall–Kier alpha value is -4.55. The van der Waals surface area contributed by atoms with E-state index < -0.39 is 23.8 Å². The summed E-state index contributed by atoms with van der Waals surface area (Å²) in [5, 5.41) is 7.78. The van der Waals surface area contributed by atoms with Gasteiger partial charge in [0.05, 0.1) is 72.5 Å². The van der Waals surface area contributed by atoms with Gasteiger partial charge in [0.25, 0.3) is 11.8 Å². The summed E-state index contributed by atoms with van der Waals surface area (Å²) in [7, 11) is 0. The van der Waals surface area contributed by atoms with Crippen molar-refractivity contribution in [3.63, 3.8) is 0 Å². The van der Waals surface area contributed by atoms with Crippen molar-refractivity contribution in [2.45, 2.75) is 32.2 Å². The van der Waals surface area contributed by atoms with E-state index in [0.717, 1.165) is 10.5 Å². The topological polar surface area (TPSA) is 202 Å². The summed E-state index contributed by atoms with van der Waals surface area (Å²) in [4.78, 5) is 90.7. The molecule has 1 atom stereocenters. The van der Waals surface area contributed by atoms with Crippen molar-refractivity contribution >= 4 is 41.2 Å². The number of nitrogens with one attached hydrogen (secondary N) is 3. The number of hydrogen-bond donors (Lipinski definition) is 3. The minimum absolute atomic E-state index is 0.0229. The number of ether oxygens (including phenoxy) is 4. The normalized spacial score (nSPS) is 17.8. The third kappa shape index (κ3) is 17.7. The summed E-state index contributed by atoms with van der Waals surface area (Å²) in [6.07, 6.45) is 3.17. The van der Waals surface area contributed by atoms with Gasteiger partial charge in [0.15, 0.2) is 0 Å². The molecule has 0 spiro atoms. The molecule has 1 saturated heterocycles. The second-order valence-corrected chi connectivity index (χ2v) is 12.4. The Balaban J connectivity index is 1.40. The summed E-state index contributed by atoms with van der Waals surface area (Å²) >= 11 is 0. The van der Waals surface area contributed by atoms with Crippen molar-refractivity contribution < 1.29 is 52.5 Å². The van der Waals surface area contributed by atoms with E-state index in [-0.39, 0.29) is 75.7 Å². The van der Waals surface area contributed by atoms with E-state index in [1.54, 1.807) is 4.90 Å². The van der Waals surface area contributed by atoms with Gasteiger partial charge in [-0.3, -0.25) is 43.4 Å². The van der Waals surface area contributed by atoms with Crippen LogP contribution in [0, 0.1) is 0 Å². The first-order valence-corrected chi connectivity index (χ1v) is 17.8. The van der Waals surface area contributed by atoms with Crippen molar-refractivity contribution in [3.8, 4) is 0 Å². The molecule has 292 valence electrons. The van der Waals surface area contributed by atoms with Gasteiger partial charge >= 0.3 is 0 Å². The number of amides is 6. The number of carbonyl (C=O) groups excluding carboxylic acids is 7. The van der Waals surface area contributed by atoms with E-state index in [4.69, 9.17) is 18.9 Å². The molecule has 3 N–H and O–H groups in total. The van der Waals surface area contributed by atoms with Crippen LogP contribution in [-0.4, -0.2) is 167 Å². The molecule has 2 aliphatic heterocycles. The number of ketones is 1. The van der Waals surface area contributed by atoms with Crippen molar-refractivity contribution in [2.75, 3.05) is 105 Å². The molecule has 17 nitrogen and oxygen atoms in total. The molecule has 0 aliphatic carbocycles. The van der Waals surface area contributed by atoms with Gasteiger partial charge in [-0.15, -0.1) is 0 Å². The average molecular weight is 745 g/mol. The summed E-state index contributed by atoms with van der Waals surface area (Å²) in [5.41, 5.74) is 0.819. The number of rotatable bonds is 14. The summed E-state index contributed by atoms with van der Waals surface area (Å²) in [5.74, 6) is -2.55. The summed E-state index contributed by atoms with van der Waals surface area (Å²) < 4.78 is 22.8. The van der Waals surface area contributed by atoms with Crippen LogP contribution in [0.15, 0.2) is 42.5 Å². The lowest BCUT2D eigenvalue weighted by Gasteiger charge is -2.24. The van der Waals surface area contributed by atoms with E-state index >= 15 is 0 Å². The maximum Gasteiger partial charge on any atom is 0.253 e. The monoisotopic (exact) mass is 744 g/mol. The Morgan fingerprint density at radius 2 is 1.28 bits per heavy atom. The third-order valence-corrected chi connectivity index (χ3v) is 8.14. The van der Waals surface area contributed by atoms with E-state index in [9.17, 15) is 33.6 Å². The highest BCUT2D eigenvalue weighted by Crippen LogP contribution is 2.08. The molecule has 0 radical (unpaired) electrons. The standard InChI is InChI=1S/C36H52N6O11/c1-28(43)25-38-36(49)30(24-29-6-3-2-4-7-29)39-31(44)26-37-32(45)27-40-12-16-50-20-22-52-18-14-41(15-19-53-23-21-51-17-13-40)33(46)8-5-11-42-34(47)9-10-35(42)48/h2-4,6-7,9-10,30H,5,8,11-27H2,1H3,(H,37,45)(H,38,49)(H,39,44)/t30-/m0/s1. The Labute approximate surface area is 309 Å². The maximum absolute atomic E-state index is 12.9. The molecule has 1 aromatic carbocycles. The van der Waals surface area contributed by atoms with Gasteiger partial charge in [0.2, 0.25) is 23.6 Å². The molecule has 1 aromatic rings. The zero-order chi connectivity index (χ0) is 38.3. The average Bonchev–Trinajstić information content (AvgIpc) is 3.46. The summed E-state index contributed by atoms with van der Waals surface area (Å²) in [6.45, 7) is 4.83. The molecule has 0 bridgehead atoms.